The van der Waals surface area contributed by atoms with Gasteiger partial charge in [-0.1, -0.05) is 36.9 Å². The molecule has 8 heteroatoms. The van der Waals surface area contributed by atoms with Gasteiger partial charge in [0.05, 0.1) is 5.69 Å². The van der Waals surface area contributed by atoms with E-state index in [0.717, 1.165) is 44.5 Å². The number of fused-ring (bicyclic) bond motifs is 1. The molecule has 0 aliphatic rings. The van der Waals surface area contributed by atoms with Gasteiger partial charge in [-0.2, -0.15) is 5.10 Å². The number of hydrogen-bond acceptors (Lipinski definition) is 6. The van der Waals surface area contributed by atoms with Gasteiger partial charge in [-0.05, 0) is 38.8 Å². The average Bonchev–Trinajstić information content (AvgIpc) is 3.41. The Balaban J connectivity index is 1.47. The third-order valence-corrected chi connectivity index (χ3v) is 7.21. The van der Waals surface area contributed by atoms with E-state index in [-0.39, 0.29) is 11.8 Å². The minimum Gasteiger partial charge on any atom is -0.451 e. The molecule has 6 nitrogen and oxygen atoms in total. The molecule has 0 aliphatic heterocycles. The van der Waals surface area contributed by atoms with Crippen LogP contribution in [0, 0.1) is 26.7 Å². The van der Waals surface area contributed by atoms with Gasteiger partial charge in [-0.15, -0.1) is 11.3 Å². The molecule has 0 saturated heterocycles. The summed E-state index contributed by atoms with van der Waals surface area (Å²) in [5.74, 6) is 1.08. The Hall–Kier alpha value is -2.58. The normalized spacial score (nSPS) is 12.4. The number of aromatic nitrogens is 3. The summed E-state index contributed by atoms with van der Waals surface area (Å²) in [5, 5.41) is 10.6. The predicted molar refractivity (Wildman–Crippen MR) is 126 cm³/mol. The lowest BCUT2D eigenvalue weighted by molar-refractivity contribution is 0.0920. The van der Waals surface area contributed by atoms with Crippen LogP contribution in [0.5, 0.6) is 0 Å². The Kier molecular flexibility index (Phi) is 6.48. The molecule has 1 unspecified atom stereocenters. The average molecular weight is 455 g/mol. The summed E-state index contributed by atoms with van der Waals surface area (Å²) in [7, 11) is 0. The second-order valence-electron chi connectivity index (χ2n) is 7.87. The highest BCUT2D eigenvalue weighted by atomic mass is 32.2. The number of amides is 1. The second kappa shape index (κ2) is 9.28. The van der Waals surface area contributed by atoms with Crippen LogP contribution in [0.3, 0.4) is 0 Å². The summed E-state index contributed by atoms with van der Waals surface area (Å²) >= 11 is 3.25. The second-order valence-corrected chi connectivity index (χ2v) is 9.95. The molecule has 4 rings (SSSR count). The van der Waals surface area contributed by atoms with Gasteiger partial charge in [-0.25, -0.2) is 4.98 Å². The third-order valence-electron chi connectivity index (χ3n) is 5.04. The van der Waals surface area contributed by atoms with Crippen LogP contribution in [0.4, 0.5) is 0 Å². The minimum atomic E-state index is -0.178. The first-order chi connectivity index (χ1) is 14.9. The highest BCUT2D eigenvalue weighted by Crippen LogP contribution is 2.33. The standard InChI is InChI=1S/C23H26N4O2S2/c1-14(11-27-17(4)9-15(2)26-27)10-24-22(28)21-19(13-31-23-25-16(3)12-30-23)18-7-5-6-8-20(18)29-21/h5-9,12,14H,10-11,13H2,1-4H3,(H,24,28). The van der Waals surface area contributed by atoms with Gasteiger partial charge in [0.25, 0.3) is 5.91 Å². The van der Waals surface area contributed by atoms with Crippen molar-refractivity contribution in [1.82, 2.24) is 20.1 Å². The Labute approximate surface area is 190 Å². The summed E-state index contributed by atoms with van der Waals surface area (Å²) in [6.07, 6.45) is 0. The van der Waals surface area contributed by atoms with Crippen LogP contribution in [0.25, 0.3) is 11.0 Å². The van der Waals surface area contributed by atoms with Gasteiger partial charge in [0, 0.05) is 46.6 Å². The highest BCUT2D eigenvalue weighted by molar-refractivity contribution is 8.00. The quantitative estimate of drug-likeness (QED) is 0.362. The Bertz CT molecular complexity index is 1210. The maximum Gasteiger partial charge on any atom is 0.287 e. The van der Waals surface area contributed by atoms with Gasteiger partial charge in [0.1, 0.15) is 9.92 Å². The van der Waals surface area contributed by atoms with Crippen molar-refractivity contribution < 1.29 is 9.21 Å². The predicted octanol–water partition coefficient (Wildman–Crippen LogP) is 5.37. The first kappa shape index (κ1) is 21.6. The fourth-order valence-electron chi connectivity index (χ4n) is 3.52. The molecule has 1 N–H and O–H groups in total. The van der Waals surface area contributed by atoms with Crippen molar-refractivity contribution in [2.75, 3.05) is 6.54 Å². The molecule has 0 aliphatic carbocycles. The minimum absolute atomic E-state index is 0.178. The molecule has 0 radical (unpaired) electrons. The number of carbonyl (C=O) groups excluding carboxylic acids is 1. The van der Waals surface area contributed by atoms with Crippen molar-refractivity contribution in [3.05, 3.63) is 64.1 Å². The van der Waals surface area contributed by atoms with Crippen molar-refractivity contribution >= 4 is 40.0 Å². The first-order valence-corrected chi connectivity index (χ1v) is 12.1. The molecule has 1 aromatic carbocycles. The maximum atomic E-state index is 13.0. The van der Waals surface area contributed by atoms with E-state index in [0.29, 0.717) is 18.1 Å². The number of aryl methyl sites for hydroxylation is 3. The molecule has 0 fully saturated rings. The molecule has 4 aromatic rings. The lowest BCUT2D eigenvalue weighted by atomic mass is 10.1. The van der Waals surface area contributed by atoms with Crippen LogP contribution in [-0.4, -0.2) is 27.2 Å². The number of benzene rings is 1. The summed E-state index contributed by atoms with van der Waals surface area (Å²) in [5.41, 5.74) is 4.80. The van der Waals surface area contributed by atoms with Gasteiger partial charge in [0.15, 0.2) is 5.76 Å². The first-order valence-electron chi connectivity index (χ1n) is 10.2. The number of rotatable bonds is 8. The zero-order valence-electron chi connectivity index (χ0n) is 18.1. The van der Waals surface area contributed by atoms with Crippen LogP contribution in [0.15, 0.2) is 44.5 Å². The van der Waals surface area contributed by atoms with E-state index in [1.54, 1.807) is 23.1 Å². The summed E-state index contributed by atoms with van der Waals surface area (Å²) < 4.78 is 8.95. The van der Waals surface area contributed by atoms with E-state index < -0.39 is 0 Å². The van der Waals surface area contributed by atoms with Crippen molar-refractivity contribution in [2.24, 2.45) is 5.92 Å². The number of nitrogens with zero attached hydrogens (tertiary/aromatic N) is 3. The molecular weight excluding hydrogens is 428 g/mol. The summed E-state index contributed by atoms with van der Waals surface area (Å²) in [6.45, 7) is 9.44. The molecular formula is C23H26N4O2S2. The number of thiazole rings is 1. The van der Waals surface area contributed by atoms with Gasteiger partial charge >= 0.3 is 0 Å². The van der Waals surface area contributed by atoms with E-state index in [2.05, 4.69) is 28.4 Å². The molecule has 162 valence electrons. The summed E-state index contributed by atoms with van der Waals surface area (Å²) in [6, 6.07) is 9.86. The number of thioether (sulfide) groups is 1. The number of para-hydroxylation sites is 1. The van der Waals surface area contributed by atoms with Crippen LogP contribution < -0.4 is 5.32 Å². The van der Waals surface area contributed by atoms with Crippen molar-refractivity contribution in [3.63, 3.8) is 0 Å². The van der Waals surface area contributed by atoms with E-state index in [1.165, 1.54) is 0 Å². The van der Waals surface area contributed by atoms with Crippen LogP contribution in [-0.2, 0) is 12.3 Å². The monoisotopic (exact) mass is 454 g/mol. The van der Waals surface area contributed by atoms with Crippen molar-refractivity contribution in [3.8, 4) is 0 Å². The lowest BCUT2D eigenvalue weighted by Crippen LogP contribution is -2.30. The van der Waals surface area contributed by atoms with E-state index >= 15 is 0 Å². The number of hydrogen-bond donors (Lipinski definition) is 1. The molecule has 0 spiro atoms. The van der Waals surface area contributed by atoms with Gasteiger partial charge < -0.3 is 9.73 Å². The maximum absolute atomic E-state index is 13.0. The SMILES string of the molecule is Cc1csc(SCc2c(C(=O)NCC(C)Cn3nc(C)cc3C)oc3ccccc23)n1. The number of carbonyl (C=O) groups is 1. The molecule has 1 amide bonds. The Morgan fingerprint density at radius 1 is 1.26 bits per heavy atom. The smallest absolute Gasteiger partial charge is 0.287 e. The zero-order valence-corrected chi connectivity index (χ0v) is 19.8. The van der Waals surface area contributed by atoms with Crippen LogP contribution in [0.1, 0.15) is 40.1 Å². The molecule has 3 aromatic heterocycles. The molecule has 3 heterocycles. The van der Waals surface area contributed by atoms with E-state index in [1.807, 2.05) is 55.1 Å². The molecule has 0 saturated carbocycles. The van der Waals surface area contributed by atoms with E-state index in [4.69, 9.17) is 4.42 Å². The number of nitrogens with one attached hydrogen (secondary N) is 1. The number of furan rings is 1. The lowest BCUT2D eigenvalue weighted by Gasteiger charge is -2.14. The van der Waals surface area contributed by atoms with Gasteiger partial charge in [0.2, 0.25) is 0 Å². The van der Waals surface area contributed by atoms with Crippen LogP contribution in [0.2, 0.25) is 0 Å². The Morgan fingerprint density at radius 2 is 2.06 bits per heavy atom. The summed E-state index contributed by atoms with van der Waals surface area (Å²) in [4.78, 5) is 17.5. The van der Waals surface area contributed by atoms with E-state index in [9.17, 15) is 4.79 Å². The topological polar surface area (TPSA) is 73.0 Å². The van der Waals surface area contributed by atoms with Crippen molar-refractivity contribution in [2.45, 2.75) is 44.3 Å². The highest BCUT2D eigenvalue weighted by Gasteiger charge is 2.21. The van der Waals surface area contributed by atoms with Gasteiger partial charge in [-0.3, -0.25) is 9.48 Å². The third kappa shape index (κ3) is 5.02. The largest absolute Gasteiger partial charge is 0.451 e. The Morgan fingerprint density at radius 3 is 2.77 bits per heavy atom. The molecule has 0 bridgehead atoms. The fraction of sp³-hybridized carbons (Fsp3) is 0.348. The molecule has 1 atom stereocenters. The van der Waals surface area contributed by atoms with Crippen molar-refractivity contribution in [1.29, 1.82) is 0 Å². The zero-order chi connectivity index (χ0) is 22.0. The fourth-order valence-corrected chi connectivity index (χ4v) is 5.40. The van der Waals surface area contributed by atoms with Crippen LogP contribution >= 0.6 is 23.1 Å². The molecule has 31 heavy (non-hydrogen) atoms.